The molecule has 0 radical (unpaired) electrons. The molecule has 5 rings (SSSR count). The molecule has 2 aliphatic heterocycles. The van der Waals surface area contributed by atoms with Crippen LogP contribution in [0.5, 0.6) is 0 Å². The van der Waals surface area contributed by atoms with Crippen molar-refractivity contribution in [3.05, 3.63) is 44.9 Å². The van der Waals surface area contributed by atoms with Crippen LogP contribution in [0.1, 0.15) is 20.4 Å². The zero-order chi connectivity index (χ0) is 21.8. The number of hydrogen-bond donors (Lipinski definition) is 2. The molecule has 164 valence electrons. The SMILES string of the molecule is O=C(c1nc2c(s1)CNC(O)C2)N1CCN(S(=O)(=O)c2cc3ccc(Cl)cc3s2)CC1. The summed E-state index contributed by atoms with van der Waals surface area (Å²) in [6.45, 7) is 1.57. The first kappa shape index (κ1) is 21.3. The molecule has 2 N–H and O–H groups in total. The quantitative estimate of drug-likeness (QED) is 0.573. The van der Waals surface area contributed by atoms with Crippen molar-refractivity contribution in [2.24, 2.45) is 0 Å². The number of thiophene rings is 1. The van der Waals surface area contributed by atoms with Gasteiger partial charge in [0, 0.05) is 53.7 Å². The summed E-state index contributed by atoms with van der Waals surface area (Å²) >= 11 is 8.55. The van der Waals surface area contributed by atoms with Gasteiger partial charge in [0.25, 0.3) is 15.9 Å². The van der Waals surface area contributed by atoms with Crippen molar-refractivity contribution < 1.29 is 18.3 Å². The lowest BCUT2D eigenvalue weighted by Crippen LogP contribution is -2.50. The van der Waals surface area contributed by atoms with Crippen LogP contribution in [0, 0.1) is 0 Å². The molecule has 31 heavy (non-hydrogen) atoms. The third-order valence-corrected chi connectivity index (χ3v) is 10.2. The first-order chi connectivity index (χ1) is 14.8. The van der Waals surface area contributed by atoms with Crippen LogP contribution in [-0.4, -0.2) is 66.0 Å². The van der Waals surface area contributed by atoms with Gasteiger partial charge in [0.2, 0.25) is 0 Å². The number of amides is 1. The summed E-state index contributed by atoms with van der Waals surface area (Å²) in [7, 11) is -3.64. The van der Waals surface area contributed by atoms with E-state index in [-0.39, 0.29) is 23.2 Å². The summed E-state index contributed by atoms with van der Waals surface area (Å²) in [6.07, 6.45) is -0.262. The van der Waals surface area contributed by atoms with Crippen LogP contribution in [0.4, 0.5) is 0 Å². The highest BCUT2D eigenvalue weighted by Crippen LogP contribution is 2.33. The highest BCUT2D eigenvalue weighted by Gasteiger charge is 2.33. The fourth-order valence-electron chi connectivity index (χ4n) is 3.74. The first-order valence-corrected chi connectivity index (χ1v) is 13.1. The van der Waals surface area contributed by atoms with E-state index in [1.165, 1.54) is 27.0 Å². The summed E-state index contributed by atoms with van der Waals surface area (Å²) < 4.78 is 28.8. The number of aromatic nitrogens is 1. The molecule has 4 heterocycles. The molecule has 1 amide bonds. The Bertz CT molecular complexity index is 1260. The van der Waals surface area contributed by atoms with Gasteiger partial charge in [-0.1, -0.05) is 17.7 Å². The summed E-state index contributed by atoms with van der Waals surface area (Å²) in [6, 6.07) is 6.99. The molecule has 2 aromatic heterocycles. The molecule has 1 unspecified atom stereocenters. The Kier molecular flexibility index (Phi) is 5.53. The maximum absolute atomic E-state index is 13.1. The monoisotopic (exact) mass is 498 g/mol. The summed E-state index contributed by atoms with van der Waals surface area (Å²) in [5, 5.41) is 14.4. The van der Waals surface area contributed by atoms with Gasteiger partial charge in [-0.3, -0.25) is 10.1 Å². The van der Waals surface area contributed by atoms with Crippen LogP contribution in [0.2, 0.25) is 5.02 Å². The van der Waals surface area contributed by atoms with Crippen molar-refractivity contribution in [3.8, 4) is 0 Å². The smallest absolute Gasteiger partial charge is 0.282 e. The maximum Gasteiger partial charge on any atom is 0.282 e. The van der Waals surface area contributed by atoms with Crippen LogP contribution >= 0.6 is 34.3 Å². The highest BCUT2D eigenvalue weighted by atomic mass is 35.5. The number of halogens is 1. The van der Waals surface area contributed by atoms with Crippen LogP contribution in [0.15, 0.2) is 28.5 Å². The number of carbonyl (C=O) groups is 1. The third-order valence-electron chi connectivity index (χ3n) is 5.43. The Balaban J connectivity index is 1.28. The average molecular weight is 499 g/mol. The van der Waals surface area contributed by atoms with Gasteiger partial charge in [0.1, 0.15) is 10.4 Å². The highest BCUT2D eigenvalue weighted by molar-refractivity contribution is 7.91. The second kappa shape index (κ2) is 8.07. The van der Waals surface area contributed by atoms with E-state index in [1.54, 1.807) is 23.1 Å². The number of carbonyl (C=O) groups excluding carboxylic acids is 1. The average Bonchev–Trinajstić information content (AvgIpc) is 3.37. The fraction of sp³-hybridized carbons (Fsp3) is 0.368. The van der Waals surface area contributed by atoms with E-state index in [4.69, 9.17) is 11.6 Å². The van der Waals surface area contributed by atoms with E-state index in [2.05, 4.69) is 10.3 Å². The van der Waals surface area contributed by atoms with Gasteiger partial charge in [-0.2, -0.15) is 4.31 Å². The molecule has 0 saturated carbocycles. The molecule has 0 bridgehead atoms. The molecule has 3 aromatic rings. The standard InChI is InChI=1S/C19H19ClN4O4S3/c20-12-2-1-11-7-17(29-14(11)8-12)31(27,28)24-5-3-23(4-6-24)19(26)18-22-13-9-16(25)21-10-15(13)30-18/h1-2,7-8,16,21,25H,3-6,9-10H2. The number of aliphatic hydroxyl groups excluding tert-OH is 1. The molecule has 0 spiro atoms. The van der Waals surface area contributed by atoms with E-state index in [0.29, 0.717) is 36.1 Å². The molecule has 1 saturated heterocycles. The minimum absolute atomic E-state index is 0.192. The van der Waals surface area contributed by atoms with Crippen molar-refractivity contribution in [2.75, 3.05) is 26.2 Å². The zero-order valence-electron chi connectivity index (χ0n) is 16.2. The van der Waals surface area contributed by atoms with Gasteiger partial charge in [0.15, 0.2) is 5.01 Å². The lowest BCUT2D eigenvalue weighted by Gasteiger charge is -2.33. The molecule has 1 fully saturated rings. The normalized spacial score (nSPS) is 20.2. The number of nitrogens with one attached hydrogen (secondary N) is 1. The van der Waals surface area contributed by atoms with E-state index < -0.39 is 16.3 Å². The summed E-state index contributed by atoms with van der Waals surface area (Å²) in [5.41, 5.74) is 0.755. The molecule has 1 atom stereocenters. The Labute approximate surface area is 192 Å². The molecular formula is C19H19ClN4O4S3. The predicted molar refractivity (Wildman–Crippen MR) is 120 cm³/mol. The van der Waals surface area contributed by atoms with E-state index >= 15 is 0 Å². The molecular weight excluding hydrogens is 480 g/mol. The summed E-state index contributed by atoms with van der Waals surface area (Å²) in [5.74, 6) is -0.192. The van der Waals surface area contributed by atoms with Crippen LogP contribution in [-0.2, 0) is 23.0 Å². The predicted octanol–water partition coefficient (Wildman–Crippen LogP) is 2.12. The van der Waals surface area contributed by atoms with Crippen LogP contribution in [0.25, 0.3) is 10.1 Å². The van der Waals surface area contributed by atoms with Gasteiger partial charge in [-0.05, 0) is 23.6 Å². The number of hydrogen-bond acceptors (Lipinski definition) is 8. The largest absolute Gasteiger partial charge is 0.378 e. The van der Waals surface area contributed by atoms with E-state index in [0.717, 1.165) is 20.7 Å². The van der Waals surface area contributed by atoms with Crippen LogP contribution < -0.4 is 5.32 Å². The Morgan fingerprint density at radius 3 is 2.74 bits per heavy atom. The second-order valence-electron chi connectivity index (χ2n) is 7.43. The number of thiazole rings is 1. The van der Waals surface area contributed by atoms with Crippen molar-refractivity contribution in [2.45, 2.75) is 23.4 Å². The van der Waals surface area contributed by atoms with Gasteiger partial charge in [-0.25, -0.2) is 13.4 Å². The number of piperazine rings is 1. The van der Waals surface area contributed by atoms with Gasteiger partial charge in [0.05, 0.1) is 5.69 Å². The van der Waals surface area contributed by atoms with Gasteiger partial charge < -0.3 is 10.0 Å². The van der Waals surface area contributed by atoms with Gasteiger partial charge in [-0.15, -0.1) is 22.7 Å². The number of rotatable bonds is 3. The number of sulfonamides is 1. The van der Waals surface area contributed by atoms with Crippen molar-refractivity contribution >= 4 is 60.3 Å². The first-order valence-electron chi connectivity index (χ1n) is 9.70. The van der Waals surface area contributed by atoms with Gasteiger partial charge >= 0.3 is 0 Å². The molecule has 12 heteroatoms. The summed E-state index contributed by atoms with van der Waals surface area (Å²) in [4.78, 5) is 19.9. The van der Waals surface area contributed by atoms with E-state index in [9.17, 15) is 18.3 Å². The Hall–Kier alpha value is -1.60. The number of nitrogens with zero attached hydrogens (tertiary/aromatic N) is 3. The Morgan fingerprint density at radius 1 is 1.19 bits per heavy atom. The number of benzene rings is 1. The number of fused-ring (bicyclic) bond motifs is 2. The minimum atomic E-state index is -3.64. The lowest BCUT2D eigenvalue weighted by molar-refractivity contribution is 0.0696. The third kappa shape index (κ3) is 3.99. The molecule has 0 aliphatic carbocycles. The van der Waals surface area contributed by atoms with Crippen LogP contribution in [0.3, 0.4) is 0 Å². The second-order valence-corrected chi connectivity index (χ2v) is 12.2. The molecule has 8 nitrogen and oxygen atoms in total. The minimum Gasteiger partial charge on any atom is -0.378 e. The van der Waals surface area contributed by atoms with Crippen molar-refractivity contribution in [3.63, 3.8) is 0 Å². The Morgan fingerprint density at radius 2 is 1.97 bits per heavy atom. The molecule has 1 aromatic carbocycles. The fourth-order valence-corrected chi connectivity index (χ4v) is 8.00. The maximum atomic E-state index is 13.1. The zero-order valence-corrected chi connectivity index (χ0v) is 19.5. The topological polar surface area (TPSA) is 103 Å². The number of aliphatic hydroxyl groups is 1. The van der Waals surface area contributed by atoms with Crippen molar-refractivity contribution in [1.82, 2.24) is 19.5 Å². The molecule has 2 aliphatic rings. The van der Waals surface area contributed by atoms with E-state index in [1.807, 2.05) is 6.07 Å². The lowest BCUT2D eigenvalue weighted by atomic mass is 10.2. The van der Waals surface area contributed by atoms with Crippen molar-refractivity contribution in [1.29, 1.82) is 0 Å².